The Morgan fingerprint density at radius 1 is 1.40 bits per heavy atom. The van der Waals surface area contributed by atoms with Gasteiger partial charge in [0.1, 0.15) is 5.82 Å². The number of carbonyl (C=O) groups excluding carboxylic acids is 1. The summed E-state index contributed by atoms with van der Waals surface area (Å²) in [6, 6.07) is 0.269. The van der Waals surface area contributed by atoms with Crippen LogP contribution >= 0.6 is 11.8 Å². The maximum Gasteiger partial charge on any atom is 0.243 e. The molecule has 2 aromatic rings. The number of allylic oxidation sites excluding steroid dienone is 1. The first-order valence-electron chi connectivity index (χ1n) is 8.58. The van der Waals surface area contributed by atoms with Crippen molar-refractivity contribution < 1.29 is 4.79 Å². The zero-order valence-electron chi connectivity index (χ0n) is 15.2. The number of amides is 1. The standard InChI is InChI=1S/C17H26N6OS/c1-5-7-14(24)18-8-9-23-16-13(11-19-23)15(20-12(3)4)21-17(22-16)25-10-6-2/h5,7,11-12H,6,8-10H2,1-4H3,(H,18,24)(H,20,21,22)/b7-5-. The first-order valence-corrected chi connectivity index (χ1v) is 9.57. The first-order chi connectivity index (χ1) is 12.0. The van der Waals surface area contributed by atoms with E-state index >= 15 is 0 Å². The lowest BCUT2D eigenvalue weighted by atomic mass is 10.3. The summed E-state index contributed by atoms with van der Waals surface area (Å²) < 4.78 is 1.81. The van der Waals surface area contributed by atoms with Crippen LogP contribution in [0.25, 0.3) is 11.0 Å². The number of nitrogens with zero attached hydrogens (tertiary/aromatic N) is 4. The Morgan fingerprint density at radius 3 is 2.88 bits per heavy atom. The molecular weight excluding hydrogens is 336 g/mol. The molecule has 8 heteroatoms. The van der Waals surface area contributed by atoms with Gasteiger partial charge in [0.2, 0.25) is 5.91 Å². The average molecular weight is 363 g/mol. The van der Waals surface area contributed by atoms with Gasteiger partial charge in [0, 0.05) is 18.3 Å². The topological polar surface area (TPSA) is 84.7 Å². The Morgan fingerprint density at radius 2 is 2.20 bits per heavy atom. The monoisotopic (exact) mass is 362 g/mol. The Kier molecular flexibility index (Phi) is 7.24. The van der Waals surface area contributed by atoms with Crippen LogP contribution in [0.4, 0.5) is 5.82 Å². The van der Waals surface area contributed by atoms with Crippen LogP contribution in [-0.4, -0.2) is 44.0 Å². The van der Waals surface area contributed by atoms with Crippen molar-refractivity contribution in [1.82, 2.24) is 25.1 Å². The Bertz CT molecular complexity index is 740. The number of nitrogens with one attached hydrogen (secondary N) is 2. The molecule has 0 bridgehead atoms. The van der Waals surface area contributed by atoms with E-state index in [1.807, 2.05) is 11.6 Å². The summed E-state index contributed by atoms with van der Waals surface area (Å²) in [6.07, 6.45) is 6.07. The highest BCUT2D eigenvalue weighted by atomic mass is 32.2. The van der Waals surface area contributed by atoms with Gasteiger partial charge >= 0.3 is 0 Å². The molecule has 0 fully saturated rings. The zero-order chi connectivity index (χ0) is 18.2. The largest absolute Gasteiger partial charge is 0.367 e. The predicted molar refractivity (Wildman–Crippen MR) is 103 cm³/mol. The van der Waals surface area contributed by atoms with Crippen LogP contribution in [0.2, 0.25) is 0 Å². The number of hydrogen-bond donors (Lipinski definition) is 2. The fourth-order valence-corrected chi connectivity index (χ4v) is 2.93. The van der Waals surface area contributed by atoms with E-state index in [-0.39, 0.29) is 11.9 Å². The van der Waals surface area contributed by atoms with E-state index < -0.39 is 0 Å². The number of thioether (sulfide) groups is 1. The van der Waals surface area contributed by atoms with E-state index in [2.05, 4.69) is 46.5 Å². The second-order valence-electron chi connectivity index (χ2n) is 5.90. The highest BCUT2D eigenvalue weighted by Gasteiger charge is 2.14. The smallest absolute Gasteiger partial charge is 0.243 e. The highest BCUT2D eigenvalue weighted by molar-refractivity contribution is 7.99. The third-order valence-electron chi connectivity index (χ3n) is 3.28. The molecule has 0 aliphatic heterocycles. The summed E-state index contributed by atoms with van der Waals surface area (Å²) in [4.78, 5) is 20.8. The molecule has 0 atom stereocenters. The minimum Gasteiger partial charge on any atom is -0.367 e. The number of anilines is 1. The van der Waals surface area contributed by atoms with Gasteiger partial charge < -0.3 is 10.6 Å². The molecule has 0 aromatic carbocycles. The lowest BCUT2D eigenvalue weighted by molar-refractivity contribution is -0.116. The molecule has 2 N–H and O–H groups in total. The van der Waals surface area contributed by atoms with Crippen LogP contribution in [0.5, 0.6) is 0 Å². The SMILES string of the molecule is C/C=C\C(=O)NCCn1ncc2c(NC(C)C)nc(SCCC)nc21. The summed E-state index contributed by atoms with van der Waals surface area (Å²) in [6.45, 7) is 9.16. The van der Waals surface area contributed by atoms with Gasteiger partial charge in [0.25, 0.3) is 0 Å². The molecule has 0 spiro atoms. The van der Waals surface area contributed by atoms with Gasteiger partial charge in [0.05, 0.1) is 18.1 Å². The third-order valence-corrected chi connectivity index (χ3v) is 4.33. The molecule has 2 rings (SSSR count). The molecule has 7 nitrogen and oxygen atoms in total. The summed E-state index contributed by atoms with van der Waals surface area (Å²) in [7, 11) is 0. The van der Waals surface area contributed by atoms with Crippen molar-refractivity contribution in [2.24, 2.45) is 0 Å². The van der Waals surface area contributed by atoms with Gasteiger partial charge in [-0.3, -0.25) is 4.79 Å². The van der Waals surface area contributed by atoms with Crippen LogP contribution in [0.1, 0.15) is 34.1 Å². The molecule has 0 saturated carbocycles. The Hall–Kier alpha value is -2.09. The fraction of sp³-hybridized carbons (Fsp3) is 0.529. The summed E-state index contributed by atoms with van der Waals surface area (Å²) in [5.41, 5.74) is 0.789. The van der Waals surface area contributed by atoms with Gasteiger partial charge in [-0.25, -0.2) is 14.6 Å². The maximum atomic E-state index is 11.5. The fourth-order valence-electron chi connectivity index (χ4n) is 2.24. The molecule has 2 aromatic heterocycles. The molecular formula is C17H26N6OS. The second-order valence-corrected chi connectivity index (χ2v) is 6.96. The second kappa shape index (κ2) is 9.41. The number of hydrogen-bond acceptors (Lipinski definition) is 6. The number of fused-ring (bicyclic) bond motifs is 1. The molecule has 0 aliphatic carbocycles. The van der Waals surface area contributed by atoms with Crippen molar-refractivity contribution in [1.29, 1.82) is 0 Å². The van der Waals surface area contributed by atoms with Crippen molar-refractivity contribution in [2.75, 3.05) is 17.6 Å². The first kappa shape index (κ1) is 19.2. The molecule has 25 heavy (non-hydrogen) atoms. The van der Waals surface area contributed by atoms with Crippen LogP contribution in [0.3, 0.4) is 0 Å². The predicted octanol–water partition coefficient (Wildman–Crippen LogP) is 2.84. The van der Waals surface area contributed by atoms with Gasteiger partial charge in [-0.2, -0.15) is 5.10 Å². The van der Waals surface area contributed by atoms with Crippen molar-refractivity contribution in [3.63, 3.8) is 0 Å². The van der Waals surface area contributed by atoms with E-state index in [4.69, 9.17) is 0 Å². The van der Waals surface area contributed by atoms with Crippen molar-refractivity contribution in [3.05, 3.63) is 18.3 Å². The van der Waals surface area contributed by atoms with Gasteiger partial charge in [-0.05, 0) is 33.3 Å². The molecule has 0 saturated heterocycles. The number of aromatic nitrogens is 4. The van der Waals surface area contributed by atoms with E-state index in [9.17, 15) is 4.79 Å². The minimum absolute atomic E-state index is 0.102. The lowest BCUT2D eigenvalue weighted by Crippen LogP contribution is -2.25. The third kappa shape index (κ3) is 5.45. The summed E-state index contributed by atoms with van der Waals surface area (Å²) in [5, 5.41) is 12.3. The van der Waals surface area contributed by atoms with Crippen molar-refractivity contribution in [2.45, 2.75) is 51.9 Å². The van der Waals surface area contributed by atoms with Crippen molar-refractivity contribution >= 4 is 34.5 Å². The summed E-state index contributed by atoms with van der Waals surface area (Å²) in [5.74, 6) is 1.68. The zero-order valence-corrected chi connectivity index (χ0v) is 16.1. The molecule has 0 aliphatic rings. The molecule has 0 radical (unpaired) electrons. The van der Waals surface area contributed by atoms with E-state index in [0.717, 1.165) is 34.2 Å². The number of carbonyl (C=O) groups is 1. The molecule has 2 heterocycles. The van der Waals surface area contributed by atoms with Crippen LogP contribution in [0.15, 0.2) is 23.5 Å². The van der Waals surface area contributed by atoms with E-state index in [0.29, 0.717) is 13.1 Å². The van der Waals surface area contributed by atoms with Crippen LogP contribution in [-0.2, 0) is 11.3 Å². The lowest BCUT2D eigenvalue weighted by Gasteiger charge is -2.11. The highest BCUT2D eigenvalue weighted by Crippen LogP contribution is 2.25. The quantitative estimate of drug-likeness (QED) is 0.405. The van der Waals surface area contributed by atoms with E-state index in [1.54, 1.807) is 24.0 Å². The Labute approximate surface area is 152 Å². The molecule has 0 unspecified atom stereocenters. The minimum atomic E-state index is -0.102. The molecule has 136 valence electrons. The van der Waals surface area contributed by atoms with Crippen LogP contribution < -0.4 is 10.6 Å². The van der Waals surface area contributed by atoms with Gasteiger partial charge in [-0.15, -0.1) is 0 Å². The molecule has 1 amide bonds. The summed E-state index contributed by atoms with van der Waals surface area (Å²) >= 11 is 1.64. The van der Waals surface area contributed by atoms with Gasteiger partial charge in [0.15, 0.2) is 10.8 Å². The van der Waals surface area contributed by atoms with E-state index in [1.165, 1.54) is 6.08 Å². The van der Waals surface area contributed by atoms with Crippen LogP contribution in [0, 0.1) is 0 Å². The maximum absolute atomic E-state index is 11.5. The number of rotatable bonds is 9. The Balaban J connectivity index is 2.24. The van der Waals surface area contributed by atoms with Crippen molar-refractivity contribution in [3.8, 4) is 0 Å². The van der Waals surface area contributed by atoms with Gasteiger partial charge in [-0.1, -0.05) is 24.8 Å². The average Bonchev–Trinajstić information content (AvgIpc) is 2.96. The normalized spacial score (nSPS) is 11.6.